The maximum Gasteiger partial charge on any atom is 0.373 e. The molecule has 0 fully saturated rings. The Bertz CT molecular complexity index is 1120. The Morgan fingerprint density at radius 2 is 1.77 bits per heavy atom. The number of pyridine rings is 1. The van der Waals surface area contributed by atoms with Crippen LogP contribution in [0, 0.1) is 6.92 Å². The molecule has 0 saturated carbocycles. The summed E-state index contributed by atoms with van der Waals surface area (Å²) in [5, 5.41) is 22.7. The highest BCUT2D eigenvalue weighted by atomic mass is 16.5. The average molecular weight is 425 g/mol. The number of hydrogen-bond acceptors (Lipinski definition) is 8. The largest absolute Gasteiger partial charge is 0.508 e. The van der Waals surface area contributed by atoms with Crippen molar-refractivity contribution in [3.63, 3.8) is 0 Å². The van der Waals surface area contributed by atoms with E-state index in [1.54, 1.807) is 12.1 Å². The van der Waals surface area contributed by atoms with Crippen LogP contribution in [0.1, 0.15) is 29.9 Å². The van der Waals surface area contributed by atoms with Gasteiger partial charge in [0.25, 0.3) is 5.91 Å². The van der Waals surface area contributed by atoms with E-state index >= 15 is 0 Å². The van der Waals surface area contributed by atoms with E-state index in [0.717, 1.165) is 22.7 Å². The molecule has 1 amide bonds. The Morgan fingerprint density at radius 1 is 1.16 bits per heavy atom. The van der Waals surface area contributed by atoms with Gasteiger partial charge in [0.1, 0.15) is 23.9 Å². The molecule has 1 aromatic heterocycles. The van der Waals surface area contributed by atoms with E-state index in [2.05, 4.69) is 10.3 Å². The second-order valence-electron chi connectivity index (χ2n) is 7.45. The Kier molecular flexibility index (Phi) is 7.18. The van der Waals surface area contributed by atoms with Crippen molar-refractivity contribution in [3.8, 4) is 17.2 Å². The van der Waals surface area contributed by atoms with Crippen LogP contribution in [0.2, 0.25) is 0 Å². The minimum atomic E-state index is -0.729. The fourth-order valence-electron chi connectivity index (χ4n) is 2.94. The van der Waals surface area contributed by atoms with Crippen LogP contribution in [0.3, 0.4) is 0 Å². The van der Waals surface area contributed by atoms with Gasteiger partial charge in [-0.1, -0.05) is 6.07 Å². The maximum atomic E-state index is 12.5. The number of aromatic nitrogens is 1. The summed E-state index contributed by atoms with van der Waals surface area (Å²) >= 11 is 0. The fourth-order valence-corrected chi connectivity index (χ4v) is 2.94. The summed E-state index contributed by atoms with van der Waals surface area (Å²) in [4.78, 5) is 33.2. The van der Waals surface area contributed by atoms with Crippen LogP contribution in [-0.4, -0.2) is 39.4 Å². The lowest BCUT2D eigenvalue weighted by molar-refractivity contribution is -0.191. The van der Waals surface area contributed by atoms with Crippen LogP contribution in [0.4, 0.5) is 5.69 Å². The van der Waals surface area contributed by atoms with E-state index in [4.69, 9.17) is 20.1 Å². The molecule has 9 nitrogen and oxygen atoms in total. The first-order valence-electron chi connectivity index (χ1n) is 9.20. The highest BCUT2D eigenvalue weighted by molar-refractivity contribution is 5.96. The zero-order valence-electron chi connectivity index (χ0n) is 17.3. The molecule has 0 bridgehead atoms. The number of aromatic hydroxyl groups is 2. The van der Waals surface area contributed by atoms with Crippen LogP contribution < -0.4 is 15.8 Å². The minimum absolute atomic E-state index is 0.152. The number of ether oxygens (including phenoxy) is 1. The Morgan fingerprint density at radius 3 is 2.39 bits per heavy atom. The van der Waals surface area contributed by atoms with Gasteiger partial charge in [-0.15, -0.1) is 0 Å². The van der Waals surface area contributed by atoms with Gasteiger partial charge in [0.15, 0.2) is 0 Å². The maximum absolute atomic E-state index is 12.5. The van der Waals surface area contributed by atoms with E-state index < -0.39 is 11.4 Å². The summed E-state index contributed by atoms with van der Waals surface area (Å²) in [6.45, 7) is 5.67. The summed E-state index contributed by atoms with van der Waals surface area (Å²) in [6.07, 6.45) is 0.250. The van der Waals surface area contributed by atoms with Crippen LogP contribution in [0.25, 0.3) is 10.9 Å². The van der Waals surface area contributed by atoms with Gasteiger partial charge in [0.2, 0.25) is 0 Å². The zero-order chi connectivity index (χ0) is 23.2. The standard InChI is InChI=1S/C21H23N3O4.CO2/c1-12-7-16(22)19-17(23-12)5-4-6-18(19)28-11-21(2,3)24-20(27)13-8-14(25)10-15(26)9-13;2-1-3/h4-10,25-26H,11H2,1-3H3,(H2,22,23)(H,24,27);. The molecule has 0 saturated heterocycles. The van der Waals surface area contributed by atoms with Crippen LogP contribution in [0.15, 0.2) is 42.5 Å². The van der Waals surface area contributed by atoms with Crippen molar-refractivity contribution >= 4 is 28.6 Å². The van der Waals surface area contributed by atoms with E-state index in [-0.39, 0.29) is 29.8 Å². The van der Waals surface area contributed by atoms with Gasteiger partial charge in [-0.2, -0.15) is 9.59 Å². The molecule has 9 heteroatoms. The Hall–Kier alpha value is -4.10. The first-order valence-corrected chi connectivity index (χ1v) is 9.20. The first kappa shape index (κ1) is 23.2. The third-order valence-corrected chi connectivity index (χ3v) is 4.16. The Labute approximate surface area is 178 Å². The van der Waals surface area contributed by atoms with Crippen molar-refractivity contribution in [2.24, 2.45) is 0 Å². The van der Waals surface area contributed by atoms with Crippen molar-refractivity contribution in [2.45, 2.75) is 26.3 Å². The number of carbonyl (C=O) groups excluding carboxylic acids is 3. The number of nitrogen functional groups attached to an aromatic ring is 1. The number of fused-ring (bicyclic) bond motifs is 1. The molecule has 3 aromatic rings. The third kappa shape index (κ3) is 6.19. The van der Waals surface area contributed by atoms with E-state index in [0.29, 0.717) is 11.4 Å². The highest BCUT2D eigenvalue weighted by Crippen LogP contribution is 2.30. The molecular weight excluding hydrogens is 402 g/mol. The lowest BCUT2D eigenvalue weighted by Gasteiger charge is -2.27. The van der Waals surface area contributed by atoms with Gasteiger partial charge in [-0.3, -0.25) is 9.78 Å². The van der Waals surface area contributed by atoms with Crippen molar-refractivity contribution in [3.05, 3.63) is 53.7 Å². The van der Waals surface area contributed by atoms with Crippen molar-refractivity contribution in [2.75, 3.05) is 12.3 Å². The van der Waals surface area contributed by atoms with E-state index in [1.807, 2.05) is 32.9 Å². The monoisotopic (exact) mass is 425 g/mol. The number of nitrogens with one attached hydrogen (secondary N) is 1. The summed E-state index contributed by atoms with van der Waals surface area (Å²) < 4.78 is 5.96. The molecule has 31 heavy (non-hydrogen) atoms. The predicted octanol–water partition coefficient (Wildman–Crippen LogP) is 2.54. The highest BCUT2D eigenvalue weighted by Gasteiger charge is 2.23. The van der Waals surface area contributed by atoms with Crippen LogP contribution >= 0.6 is 0 Å². The third-order valence-electron chi connectivity index (χ3n) is 4.16. The number of nitrogens with zero attached hydrogens (tertiary/aromatic N) is 1. The quantitative estimate of drug-likeness (QED) is 0.487. The molecule has 162 valence electrons. The molecule has 0 aliphatic heterocycles. The van der Waals surface area contributed by atoms with Crippen molar-refractivity contribution in [1.29, 1.82) is 0 Å². The van der Waals surface area contributed by atoms with Crippen molar-refractivity contribution in [1.82, 2.24) is 10.3 Å². The lowest BCUT2D eigenvalue weighted by Crippen LogP contribution is -2.47. The first-order chi connectivity index (χ1) is 14.6. The smallest absolute Gasteiger partial charge is 0.373 e. The summed E-state index contributed by atoms with van der Waals surface area (Å²) in [6, 6.07) is 11.0. The molecule has 0 spiro atoms. The van der Waals surface area contributed by atoms with Gasteiger partial charge in [0.05, 0.1) is 16.4 Å². The van der Waals surface area contributed by atoms with Gasteiger partial charge in [-0.05, 0) is 51.1 Å². The van der Waals surface area contributed by atoms with Crippen LogP contribution in [-0.2, 0) is 9.59 Å². The lowest BCUT2D eigenvalue weighted by atomic mass is 10.1. The number of phenolic OH excluding ortho intramolecular Hbond substituents is 2. The van der Waals surface area contributed by atoms with E-state index in [9.17, 15) is 15.0 Å². The number of amides is 1. The Balaban J connectivity index is 0.00000107. The van der Waals surface area contributed by atoms with Crippen molar-refractivity contribution < 1.29 is 29.3 Å². The number of carbonyl (C=O) groups is 1. The summed E-state index contributed by atoms with van der Waals surface area (Å²) in [5.74, 6) is -0.226. The van der Waals surface area contributed by atoms with Crippen LogP contribution in [0.5, 0.6) is 17.2 Å². The molecule has 2 aromatic carbocycles. The molecule has 3 rings (SSSR count). The molecule has 1 heterocycles. The fraction of sp³-hybridized carbons (Fsp3) is 0.227. The number of hydrogen-bond donors (Lipinski definition) is 4. The molecule has 0 unspecified atom stereocenters. The molecule has 0 aliphatic rings. The molecule has 0 aliphatic carbocycles. The van der Waals surface area contributed by atoms with Gasteiger partial charge >= 0.3 is 6.15 Å². The number of phenols is 2. The summed E-state index contributed by atoms with van der Waals surface area (Å²) in [7, 11) is 0. The minimum Gasteiger partial charge on any atom is -0.508 e. The topological polar surface area (TPSA) is 152 Å². The molecule has 5 N–H and O–H groups in total. The molecule has 0 atom stereocenters. The normalized spacial score (nSPS) is 10.5. The second-order valence-corrected chi connectivity index (χ2v) is 7.45. The second kappa shape index (κ2) is 9.60. The average Bonchev–Trinajstić information content (AvgIpc) is 2.65. The number of benzene rings is 2. The number of anilines is 1. The number of nitrogens with two attached hydrogens (primary N) is 1. The summed E-state index contributed by atoms with van der Waals surface area (Å²) in [5.41, 5.74) is 7.71. The SMILES string of the molecule is Cc1cc(N)c2c(OCC(C)(C)NC(=O)c3cc(O)cc(O)c3)cccc2n1.O=C=O. The van der Waals surface area contributed by atoms with Gasteiger partial charge < -0.3 is 26.0 Å². The molecule has 0 radical (unpaired) electrons. The zero-order valence-corrected chi connectivity index (χ0v) is 17.3. The van der Waals surface area contributed by atoms with E-state index in [1.165, 1.54) is 12.1 Å². The van der Waals surface area contributed by atoms with Gasteiger partial charge in [0, 0.05) is 23.0 Å². The number of aryl methyl sites for hydroxylation is 1. The number of rotatable bonds is 5. The predicted molar refractivity (Wildman–Crippen MR) is 113 cm³/mol. The van der Waals surface area contributed by atoms with Gasteiger partial charge in [-0.25, -0.2) is 0 Å². The molecular formula is C22H23N3O6.